The zero-order valence-corrected chi connectivity index (χ0v) is 11.2. The fraction of sp³-hybridized carbons (Fsp3) is 0.625. The monoisotopic (exact) mass is 245 g/mol. The maximum atomic E-state index is 6.49. The molecule has 2 nitrogen and oxygen atoms in total. The molecule has 0 radical (unpaired) electrons. The minimum atomic E-state index is 0.373. The van der Waals surface area contributed by atoms with Crippen molar-refractivity contribution in [3.05, 3.63) is 34.9 Å². The summed E-state index contributed by atoms with van der Waals surface area (Å²) >= 11 is 0. The van der Waals surface area contributed by atoms with Gasteiger partial charge in [-0.25, -0.2) is 0 Å². The molecule has 0 aromatic heterocycles. The van der Waals surface area contributed by atoms with Crippen molar-refractivity contribution in [3.63, 3.8) is 0 Å². The lowest BCUT2D eigenvalue weighted by atomic mass is 9.72. The Balaban J connectivity index is 1.98. The summed E-state index contributed by atoms with van der Waals surface area (Å²) in [6.45, 7) is 0.707. The molecule has 2 N–H and O–H groups in total. The third kappa shape index (κ3) is 2.08. The summed E-state index contributed by atoms with van der Waals surface area (Å²) < 4.78 is 5.24. The van der Waals surface area contributed by atoms with E-state index in [0.29, 0.717) is 24.5 Å². The van der Waals surface area contributed by atoms with E-state index in [9.17, 15) is 0 Å². The van der Waals surface area contributed by atoms with Crippen LogP contribution in [0, 0.1) is 5.92 Å². The van der Waals surface area contributed by atoms with Gasteiger partial charge in [0.1, 0.15) is 0 Å². The van der Waals surface area contributed by atoms with Gasteiger partial charge in [0, 0.05) is 13.2 Å². The Kier molecular flexibility index (Phi) is 3.40. The van der Waals surface area contributed by atoms with Gasteiger partial charge in [-0.05, 0) is 47.8 Å². The molecule has 3 rings (SSSR count). The SMILES string of the molecule is COCc1ccc2c(c1)C1CCCCC(C2)C1N. The number of rotatable bonds is 2. The molecule has 2 aliphatic rings. The van der Waals surface area contributed by atoms with Gasteiger partial charge in [-0.15, -0.1) is 0 Å². The van der Waals surface area contributed by atoms with Crippen LogP contribution in [0.3, 0.4) is 0 Å². The second-order valence-corrected chi connectivity index (χ2v) is 5.90. The molecule has 1 saturated carbocycles. The van der Waals surface area contributed by atoms with Crippen LogP contribution in [0.5, 0.6) is 0 Å². The van der Waals surface area contributed by atoms with Crippen molar-refractivity contribution in [3.8, 4) is 0 Å². The van der Waals surface area contributed by atoms with Crippen LogP contribution in [0.2, 0.25) is 0 Å². The molecule has 0 saturated heterocycles. The summed E-state index contributed by atoms with van der Waals surface area (Å²) in [6.07, 6.45) is 6.45. The number of fused-ring (bicyclic) bond motifs is 4. The molecule has 2 bridgehead atoms. The van der Waals surface area contributed by atoms with E-state index < -0.39 is 0 Å². The first kappa shape index (κ1) is 12.2. The van der Waals surface area contributed by atoms with Gasteiger partial charge in [-0.1, -0.05) is 31.0 Å². The Morgan fingerprint density at radius 2 is 2.11 bits per heavy atom. The molecule has 2 aliphatic carbocycles. The van der Waals surface area contributed by atoms with Crippen LogP contribution < -0.4 is 5.73 Å². The van der Waals surface area contributed by atoms with Gasteiger partial charge in [-0.2, -0.15) is 0 Å². The highest BCUT2D eigenvalue weighted by atomic mass is 16.5. The highest BCUT2D eigenvalue weighted by Gasteiger charge is 2.35. The lowest BCUT2D eigenvalue weighted by molar-refractivity contribution is 0.184. The van der Waals surface area contributed by atoms with Crippen molar-refractivity contribution < 1.29 is 4.74 Å². The molecule has 3 unspecified atom stereocenters. The molecule has 1 aromatic carbocycles. The first-order valence-corrected chi connectivity index (χ1v) is 7.16. The maximum absolute atomic E-state index is 6.49. The quantitative estimate of drug-likeness (QED) is 0.869. The Labute approximate surface area is 110 Å². The zero-order valence-electron chi connectivity index (χ0n) is 11.2. The smallest absolute Gasteiger partial charge is 0.0713 e. The van der Waals surface area contributed by atoms with Gasteiger partial charge in [0.05, 0.1) is 6.61 Å². The average Bonchev–Trinajstić information content (AvgIpc) is 2.49. The number of hydrogen-bond donors (Lipinski definition) is 1. The molecule has 0 spiro atoms. The molecule has 1 fully saturated rings. The second-order valence-electron chi connectivity index (χ2n) is 5.90. The van der Waals surface area contributed by atoms with E-state index in [0.717, 1.165) is 0 Å². The summed E-state index contributed by atoms with van der Waals surface area (Å²) in [5.41, 5.74) is 10.8. The van der Waals surface area contributed by atoms with Crippen molar-refractivity contribution >= 4 is 0 Å². The van der Waals surface area contributed by atoms with Crippen molar-refractivity contribution in [2.75, 3.05) is 7.11 Å². The van der Waals surface area contributed by atoms with Gasteiger partial charge >= 0.3 is 0 Å². The van der Waals surface area contributed by atoms with Crippen LogP contribution in [-0.4, -0.2) is 13.2 Å². The largest absolute Gasteiger partial charge is 0.380 e. The van der Waals surface area contributed by atoms with Gasteiger partial charge in [0.2, 0.25) is 0 Å². The maximum Gasteiger partial charge on any atom is 0.0713 e. The number of benzene rings is 1. The van der Waals surface area contributed by atoms with Crippen molar-refractivity contribution in [2.45, 2.75) is 50.7 Å². The predicted molar refractivity (Wildman–Crippen MR) is 73.5 cm³/mol. The third-order valence-corrected chi connectivity index (χ3v) is 4.75. The summed E-state index contributed by atoms with van der Waals surface area (Å²) in [7, 11) is 1.76. The van der Waals surface area contributed by atoms with Crippen molar-refractivity contribution in [1.82, 2.24) is 0 Å². The third-order valence-electron chi connectivity index (χ3n) is 4.75. The molecule has 0 aliphatic heterocycles. The number of nitrogens with two attached hydrogens (primary N) is 1. The topological polar surface area (TPSA) is 35.2 Å². The normalized spacial score (nSPS) is 30.7. The molecule has 0 heterocycles. The highest BCUT2D eigenvalue weighted by Crippen LogP contribution is 2.42. The first-order chi connectivity index (χ1) is 8.79. The van der Waals surface area contributed by atoms with E-state index in [1.54, 1.807) is 7.11 Å². The fourth-order valence-corrected chi connectivity index (χ4v) is 3.80. The van der Waals surface area contributed by atoms with Gasteiger partial charge < -0.3 is 10.5 Å². The van der Waals surface area contributed by atoms with E-state index in [4.69, 9.17) is 10.5 Å². The Bertz CT molecular complexity index is 429. The Hall–Kier alpha value is -0.860. The molecule has 1 aromatic rings. The minimum Gasteiger partial charge on any atom is -0.380 e. The van der Waals surface area contributed by atoms with Crippen LogP contribution >= 0.6 is 0 Å². The summed E-state index contributed by atoms with van der Waals surface area (Å²) in [5.74, 6) is 1.29. The molecule has 0 amide bonds. The second kappa shape index (κ2) is 5.02. The molecule has 2 heteroatoms. The lowest BCUT2D eigenvalue weighted by Gasteiger charge is -2.36. The van der Waals surface area contributed by atoms with Crippen molar-refractivity contribution in [1.29, 1.82) is 0 Å². The highest BCUT2D eigenvalue weighted by molar-refractivity contribution is 5.38. The molecular formula is C16H23NO. The van der Waals surface area contributed by atoms with Crippen LogP contribution in [0.25, 0.3) is 0 Å². The van der Waals surface area contributed by atoms with Crippen LogP contribution in [0.1, 0.15) is 48.3 Å². The van der Waals surface area contributed by atoms with Crippen LogP contribution in [0.4, 0.5) is 0 Å². The van der Waals surface area contributed by atoms with Gasteiger partial charge in [0.25, 0.3) is 0 Å². The van der Waals surface area contributed by atoms with Gasteiger partial charge in [0.15, 0.2) is 0 Å². The molecule has 98 valence electrons. The number of ether oxygens (including phenoxy) is 1. The van der Waals surface area contributed by atoms with E-state index in [1.807, 2.05) is 0 Å². The zero-order chi connectivity index (χ0) is 12.5. The van der Waals surface area contributed by atoms with Crippen molar-refractivity contribution in [2.24, 2.45) is 11.7 Å². The Morgan fingerprint density at radius 1 is 1.28 bits per heavy atom. The number of methoxy groups -OCH3 is 1. The molecule has 3 atom stereocenters. The lowest BCUT2D eigenvalue weighted by Crippen LogP contribution is -2.40. The molecule has 18 heavy (non-hydrogen) atoms. The average molecular weight is 245 g/mol. The van der Waals surface area contributed by atoms with Gasteiger partial charge in [-0.3, -0.25) is 0 Å². The molecular weight excluding hydrogens is 222 g/mol. The summed E-state index contributed by atoms with van der Waals surface area (Å²) in [4.78, 5) is 0. The minimum absolute atomic E-state index is 0.373. The first-order valence-electron chi connectivity index (χ1n) is 7.16. The summed E-state index contributed by atoms with van der Waals surface area (Å²) in [5, 5.41) is 0. The Morgan fingerprint density at radius 3 is 2.94 bits per heavy atom. The summed E-state index contributed by atoms with van der Waals surface area (Å²) in [6, 6.07) is 7.23. The van der Waals surface area contributed by atoms with E-state index in [2.05, 4.69) is 18.2 Å². The van der Waals surface area contributed by atoms with E-state index >= 15 is 0 Å². The standard InChI is InChI=1S/C16H23NO/c1-18-10-11-6-7-12-9-13-4-2-3-5-14(16(13)17)15(12)8-11/h6-8,13-14,16H,2-5,9-10,17H2,1H3. The predicted octanol–water partition coefficient (Wildman–Crippen LogP) is 2.99. The van der Waals surface area contributed by atoms with E-state index in [-0.39, 0.29) is 0 Å². The fourth-order valence-electron chi connectivity index (χ4n) is 3.80. The van der Waals surface area contributed by atoms with Crippen LogP contribution in [-0.2, 0) is 17.8 Å². The number of hydrogen-bond acceptors (Lipinski definition) is 2. The van der Waals surface area contributed by atoms with Crippen LogP contribution in [0.15, 0.2) is 18.2 Å². The van der Waals surface area contributed by atoms with E-state index in [1.165, 1.54) is 48.8 Å².